The average Bonchev–Trinajstić information content (AvgIpc) is 3.25. The first kappa shape index (κ1) is 29.3. The summed E-state index contributed by atoms with van der Waals surface area (Å²) in [4.78, 5) is 24.1. The first-order valence-corrected chi connectivity index (χ1v) is 13.8. The second kappa shape index (κ2) is 13.0. The summed E-state index contributed by atoms with van der Waals surface area (Å²) in [6.45, 7) is 12.7. The van der Waals surface area contributed by atoms with Gasteiger partial charge in [0, 0.05) is 12.0 Å². The summed E-state index contributed by atoms with van der Waals surface area (Å²) in [5.74, 6) is -1.38. The quantitative estimate of drug-likeness (QED) is 0.169. The number of pyridine rings is 1. The van der Waals surface area contributed by atoms with Gasteiger partial charge in [0.2, 0.25) is 0 Å². The molecule has 1 saturated heterocycles. The second-order valence-corrected chi connectivity index (χ2v) is 10.8. The molecule has 1 fully saturated rings. The Morgan fingerprint density at radius 2 is 1.82 bits per heavy atom. The number of esters is 1. The summed E-state index contributed by atoms with van der Waals surface area (Å²) in [5.41, 5.74) is 5.76. The van der Waals surface area contributed by atoms with E-state index in [1.807, 2.05) is 0 Å². The number of benzene rings is 1. The molecule has 0 saturated carbocycles. The van der Waals surface area contributed by atoms with Crippen LogP contribution in [0.15, 0.2) is 80.2 Å². The van der Waals surface area contributed by atoms with E-state index < -0.39 is 38.0 Å². The number of hydrogen-bond acceptors (Lipinski definition) is 7. The fourth-order valence-electron chi connectivity index (χ4n) is 4.10. The van der Waals surface area contributed by atoms with Gasteiger partial charge in [-0.25, -0.2) is 4.57 Å². The SMILES string of the molecule is C=C[C@@H]1[C@H](C=C)[C@@H](COP(=O)(N[C@@H](C)C(=O)OC(C)C)Oc2ccccc2)O[C@H]1[n+]1cccc(C(N)=O)c1. The molecule has 1 aromatic heterocycles. The van der Waals surface area contributed by atoms with Crippen molar-refractivity contribution in [2.45, 2.75) is 45.2 Å². The van der Waals surface area contributed by atoms with E-state index in [2.05, 4.69) is 18.2 Å². The summed E-state index contributed by atoms with van der Waals surface area (Å²) in [6.07, 6.45) is 5.31. The molecular formula is C27H35N3O7P+. The Kier molecular flexibility index (Phi) is 9.99. The predicted molar refractivity (Wildman–Crippen MR) is 141 cm³/mol. The van der Waals surface area contributed by atoms with Gasteiger partial charge in [0.15, 0.2) is 12.4 Å². The van der Waals surface area contributed by atoms with Gasteiger partial charge in [-0.2, -0.15) is 9.65 Å². The Morgan fingerprint density at radius 1 is 1.13 bits per heavy atom. The highest BCUT2D eigenvalue weighted by atomic mass is 31.2. The number of rotatable bonds is 13. The molecule has 10 nitrogen and oxygen atoms in total. The van der Waals surface area contributed by atoms with Crippen molar-refractivity contribution in [2.24, 2.45) is 17.6 Å². The van der Waals surface area contributed by atoms with Crippen molar-refractivity contribution >= 4 is 19.6 Å². The van der Waals surface area contributed by atoms with Crippen LogP contribution >= 0.6 is 7.75 Å². The number of para-hydroxylation sites is 1. The van der Waals surface area contributed by atoms with Gasteiger partial charge in [-0.05, 0) is 39.0 Å². The van der Waals surface area contributed by atoms with Crippen LogP contribution in [-0.2, 0) is 23.4 Å². The van der Waals surface area contributed by atoms with E-state index in [-0.39, 0.29) is 24.5 Å². The van der Waals surface area contributed by atoms with Gasteiger partial charge in [-0.3, -0.25) is 14.1 Å². The maximum Gasteiger partial charge on any atom is 0.459 e. The lowest BCUT2D eigenvalue weighted by atomic mass is 9.89. The Morgan fingerprint density at radius 3 is 2.42 bits per heavy atom. The number of nitrogens with two attached hydrogens (primary N) is 1. The molecule has 0 aliphatic carbocycles. The number of nitrogens with one attached hydrogen (secondary N) is 1. The average molecular weight is 545 g/mol. The zero-order valence-electron chi connectivity index (χ0n) is 21.8. The van der Waals surface area contributed by atoms with Crippen molar-refractivity contribution < 1.29 is 37.2 Å². The summed E-state index contributed by atoms with van der Waals surface area (Å²) in [6, 6.07) is 10.8. The highest BCUT2D eigenvalue weighted by Crippen LogP contribution is 2.47. The summed E-state index contributed by atoms with van der Waals surface area (Å²) in [7, 11) is -4.08. The Labute approximate surface area is 223 Å². The number of hydrogen-bond donors (Lipinski definition) is 2. The number of nitrogens with zero attached hydrogens (tertiary/aromatic N) is 1. The topological polar surface area (TPSA) is 130 Å². The van der Waals surface area contributed by atoms with Crippen LogP contribution in [0.2, 0.25) is 0 Å². The molecule has 1 aromatic carbocycles. The van der Waals surface area contributed by atoms with E-state index in [1.54, 1.807) is 85.4 Å². The molecule has 0 bridgehead atoms. The van der Waals surface area contributed by atoms with Crippen LogP contribution in [0.1, 0.15) is 37.4 Å². The Balaban J connectivity index is 1.82. The molecule has 6 atom stereocenters. The van der Waals surface area contributed by atoms with Crippen LogP contribution in [0.4, 0.5) is 0 Å². The molecular weight excluding hydrogens is 509 g/mol. The molecule has 38 heavy (non-hydrogen) atoms. The minimum atomic E-state index is -4.08. The van der Waals surface area contributed by atoms with Crippen molar-refractivity contribution in [3.8, 4) is 5.75 Å². The highest BCUT2D eigenvalue weighted by molar-refractivity contribution is 7.52. The van der Waals surface area contributed by atoms with Crippen molar-refractivity contribution in [3.05, 3.63) is 85.7 Å². The van der Waals surface area contributed by atoms with Crippen LogP contribution in [0.25, 0.3) is 0 Å². The minimum Gasteiger partial charge on any atom is -0.462 e. The number of carbonyl (C=O) groups excluding carboxylic acids is 2. The zero-order valence-corrected chi connectivity index (χ0v) is 22.7. The zero-order chi connectivity index (χ0) is 27.9. The van der Waals surface area contributed by atoms with Crippen molar-refractivity contribution in [2.75, 3.05) is 6.61 Å². The number of ether oxygens (including phenoxy) is 2. The number of amides is 1. The fourth-order valence-corrected chi connectivity index (χ4v) is 5.61. The molecule has 204 valence electrons. The van der Waals surface area contributed by atoms with Gasteiger partial charge in [0.25, 0.3) is 12.1 Å². The van der Waals surface area contributed by atoms with Crippen LogP contribution < -0.4 is 19.9 Å². The lowest BCUT2D eigenvalue weighted by Gasteiger charge is -2.25. The molecule has 3 rings (SSSR count). The van der Waals surface area contributed by atoms with Gasteiger partial charge in [0.1, 0.15) is 17.4 Å². The smallest absolute Gasteiger partial charge is 0.459 e. The van der Waals surface area contributed by atoms with Crippen LogP contribution in [-0.4, -0.2) is 36.7 Å². The van der Waals surface area contributed by atoms with Crippen LogP contribution in [0.5, 0.6) is 5.75 Å². The normalized spacial score (nSPS) is 23.3. The number of carbonyl (C=O) groups is 2. The molecule has 11 heteroatoms. The molecule has 2 heterocycles. The first-order valence-electron chi connectivity index (χ1n) is 12.3. The highest BCUT2D eigenvalue weighted by Gasteiger charge is 2.48. The lowest BCUT2D eigenvalue weighted by Crippen LogP contribution is -2.43. The molecule has 1 amide bonds. The fraction of sp³-hybridized carbons (Fsp3) is 0.370. The molecule has 1 unspecified atom stereocenters. The van der Waals surface area contributed by atoms with Crippen LogP contribution in [0, 0.1) is 11.8 Å². The van der Waals surface area contributed by atoms with E-state index in [4.69, 9.17) is 24.3 Å². The Bertz CT molecular complexity index is 1190. The summed E-state index contributed by atoms with van der Waals surface area (Å²) in [5, 5.41) is 2.67. The van der Waals surface area contributed by atoms with E-state index in [1.165, 1.54) is 6.92 Å². The monoisotopic (exact) mass is 544 g/mol. The van der Waals surface area contributed by atoms with Gasteiger partial charge in [0.05, 0.1) is 24.7 Å². The van der Waals surface area contributed by atoms with Gasteiger partial charge >= 0.3 is 13.7 Å². The lowest BCUT2D eigenvalue weighted by molar-refractivity contribution is -0.764. The molecule has 0 radical (unpaired) electrons. The van der Waals surface area contributed by atoms with E-state index in [9.17, 15) is 14.2 Å². The van der Waals surface area contributed by atoms with Crippen LogP contribution in [0.3, 0.4) is 0 Å². The summed E-state index contributed by atoms with van der Waals surface area (Å²) >= 11 is 0. The van der Waals surface area contributed by atoms with Gasteiger partial charge in [-0.15, -0.1) is 13.2 Å². The third-order valence-corrected chi connectivity index (χ3v) is 7.54. The van der Waals surface area contributed by atoms with E-state index in [0.29, 0.717) is 11.3 Å². The third-order valence-electron chi connectivity index (χ3n) is 5.90. The number of primary amides is 1. The second-order valence-electron chi connectivity index (χ2n) is 9.13. The van der Waals surface area contributed by atoms with Crippen molar-refractivity contribution in [1.29, 1.82) is 0 Å². The largest absolute Gasteiger partial charge is 0.462 e. The first-order chi connectivity index (χ1) is 18.1. The van der Waals surface area contributed by atoms with E-state index >= 15 is 0 Å². The molecule has 3 N–H and O–H groups in total. The minimum absolute atomic E-state index is 0.156. The maximum absolute atomic E-state index is 13.8. The van der Waals surface area contributed by atoms with Gasteiger partial charge in [-0.1, -0.05) is 30.4 Å². The predicted octanol–water partition coefficient (Wildman–Crippen LogP) is 3.71. The maximum atomic E-state index is 13.8. The number of aromatic nitrogens is 1. The Hall–Kier alpha value is -3.30. The molecule has 0 spiro atoms. The molecule has 1 aliphatic heterocycles. The summed E-state index contributed by atoms with van der Waals surface area (Å²) < 4.78 is 38.6. The molecule has 1 aliphatic rings. The van der Waals surface area contributed by atoms with Crippen molar-refractivity contribution in [3.63, 3.8) is 0 Å². The molecule has 2 aromatic rings. The van der Waals surface area contributed by atoms with Crippen molar-refractivity contribution in [1.82, 2.24) is 5.09 Å². The van der Waals surface area contributed by atoms with E-state index in [0.717, 1.165) is 0 Å². The third kappa shape index (κ3) is 7.39. The standard InChI is InChI=1S/C27H34N3O7P/c1-6-22-23(7-2)26(30-15-11-12-20(16-30)25(28)31)36-24(22)17-34-38(33,37-21-13-9-8-10-14-21)29-19(5)27(32)35-18(3)4/h6-16,18-19,22-24,26H,1-2,17H2,3-5H3,(H2-,28,29,31,33)/p+1/t19-,22-,23+,24+,26+,38?/m0/s1. The van der Waals surface area contributed by atoms with Gasteiger partial charge < -0.3 is 19.7 Å².